The Hall–Kier alpha value is -0.0400. The Morgan fingerprint density at radius 3 is 2.25 bits per heavy atom. The largest absolute Gasteiger partial charge is 0.300 e. The van der Waals surface area contributed by atoms with Gasteiger partial charge in [0.15, 0.2) is 0 Å². The van der Waals surface area contributed by atoms with Gasteiger partial charge in [-0.2, -0.15) is 0 Å². The first-order valence-electron chi connectivity index (χ1n) is 5.64. The van der Waals surface area contributed by atoms with Crippen molar-refractivity contribution in [2.75, 3.05) is 13.1 Å². The number of piperidine rings is 1. The smallest absolute Gasteiger partial charge is 0.00964 e. The normalized spacial score (nSPS) is 27.8. The molecule has 0 spiro atoms. The van der Waals surface area contributed by atoms with Crippen LogP contribution < -0.4 is 0 Å². The van der Waals surface area contributed by atoms with E-state index in [2.05, 4.69) is 11.8 Å². The third-order valence-electron chi connectivity index (χ3n) is 3.41. The monoisotopic (exact) mass is 167 g/mol. The maximum Gasteiger partial charge on any atom is 0.00964 e. The van der Waals surface area contributed by atoms with E-state index < -0.39 is 0 Å². The van der Waals surface area contributed by atoms with E-state index in [4.69, 9.17) is 0 Å². The highest BCUT2D eigenvalue weighted by Gasteiger charge is 2.31. The molecule has 0 amide bonds. The number of hydrogen-bond donors (Lipinski definition) is 0. The minimum Gasteiger partial charge on any atom is -0.300 e. The Balaban J connectivity index is 1.69. The van der Waals surface area contributed by atoms with Crippen LogP contribution in [0.5, 0.6) is 0 Å². The van der Waals surface area contributed by atoms with Crippen LogP contribution in [-0.2, 0) is 0 Å². The van der Waals surface area contributed by atoms with Crippen LogP contribution >= 0.6 is 0 Å². The van der Waals surface area contributed by atoms with Crippen molar-refractivity contribution in [3.63, 3.8) is 0 Å². The van der Waals surface area contributed by atoms with Gasteiger partial charge in [0, 0.05) is 6.04 Å². The van der Waals surface area contributed by atoms with Crippen molar-refractivity contribution >= 4 is 0 Å². The lowest BCUT2D eigenvalue weighted by atomic mass is 9.92. The molecule has 1 heteroatoms. The zero-order valence-electron chi connectivity index (χ0n) is 8.26. The average Bonchev–Trinajstić information content (AvgIpc) is 2.89. The first-order chi connectivity index (χ1) is 5.90. The van der Waals surface area contributed by atoms with Gasteiger partial charge in [0.25, 0.3) is 0 Å². The molecule has 0 aromatic carbocycles. The lowest BCUT2D eigenvalue weighted by Gasteiger charge is -2.31. The fourth-order valence-corrected chi connectivity index (χ4v) is 2.45. The third-order valence-corrected chi connectivity index (χ3v) is 3.41. The third kappa shape index (κ3) is 2.01. The summed E-state index contributed by atoms with van der Waals surface area (Å²) < 4.78 is 0. The topological polar surface area (TPSA) is 3.24 Å². The van der Waals surface area contributed by atoms with Gasteiger partial charge in [-0.1, -0.05) is 19.8 Å². The molecule has 0 aromatic rings. The van der Waals surface area contributed by atoms with Crippen molar-refractivity contribution in [3.05, 3.63) is 0 Å². The molecule has 0 bridgehead atoms. The molecule has 1 nitrogen and oxygen atoms in total. The standard InChI is InChI=1S/C11H21N/c1-2-3-10-6-8-12(9-7-10)11-4-5-11/h10-11H,2-9H2,1H3. The molecular formula is C11H21N. The fourth-order valence-electron chi connectivity index (χ4n) is 2.45. The molecule has 1 aliphatic carbocycles. The van der Waals surface area contributed by atoms with E-state index in [0.29, 0.717) is 0 Å². The molecule has 1 saturated carbocycles. The highest BCUT2D eigenvalue weighted by Crippen LogP contribution is 2.31. The van der Waals surface area contributed by atoms with E-state index in [0.717, 1.165) is 12.0 Å². The van der Waals surface area contributed by atoms with Crippen molar-refractivity contribution in [2.24, 2.45) is 5.92 Å². The van der Waals surface area contributed by atoms with Gasteiger partial charge in [0.1, 0.15) is 0 Å². The molecule has 1 aliphatic heterocycles. The van der Waals surface area contributed by atoms with E-state index in [1.54, 1.807) is 0 Å². The number of likely N-dealkylation sites (tertiary alicyclic amines) is 1. The predicted octanol–water partition coefficient (Wildman–Crippen LogP) is 2.66. The van der Waals surface area contributed by atoms with Gasteiger partial charge in [-0.3, -0.25) is 0 Å². The van der Waals surface area contributed by atoms with E-state index in [1.165, 1.54) is 51.6 Å². The zero-order chi connectivity index (χ0) is 8.39. The van der Waals surface area contributed by atoms with Crippen molar-refractivity contribution < 1.29 is 0 Å². The second-order valence-corrected chi connectivity index (χ2v) is 4.50. The van der Waals surface area contributed by atoms with Crippen LogP contribution in [0.3, 0.4) is 0 Å². The van der Waals surface area contributed by atoms with Crippen LogP contribution in [-0.4, -0.2) is 24.0 Å². The molecule has 2 fully saturated rings. The lowest BCUT2D eigenvalue weighted by Crippen LogP contribution is -2.35. The number of hydrogen-bond acceptors (Lipinski definition) is 1. The summed E-state index contributed by atoms with van der Waals surface area (Å²) in [5.74, 6) is 1.06. The summed E-state index contributed by atoms with van der Waals surface area (Å²) in [6.45, 7) is 5.11. The van der Waals surface area contributed by atoms with Crippen molar-refractivity contribution in [2.45, 2.75) is 51.5 Å². The zero-order valence-corrected chi connectivity index (χ0v) is 8.26. The van der Waals surface area contributed by atoms with Crippen molar-refractivity contribution in [1.82, 2.24) is 4.90 Å². The van der Waals surface area contributed by atoms with Crippen LogP contribution in [0.2, 0.25) is 0 Å². The second-order valence-electron chi connectivity index (χ2n) is 4.50. The summed E-state index contributed by atoms with van der Waals surface area (Å²) in [7, 11) is 0. The first-order valence-corrected chi connectivity index (χ1v) is 5.64. The van der Waals surface area contributed by atoms with Gasteiger partial charge in [-0.05, 0) is 44.7 Å². The maximum absolute atomic E-state index is 2.71. The van der Waals surface area contributed by atoms with Gasteiger partial charge >= 0.3 is 0 Å². The quantitative estimate of drug-likeness (QED) is 0.624. The van der Waals surface area contributed by atoms with Gasteiger partial charge in [0.05, 0.1) is 0 Å². The maximum atomic E-state index is 2.71. The van der Waals surface area contributed by atoms with Gasteiger partial charge in [-0.25, -0.2) is 0 Å². The van der Waals surface area contributed by atoms with E-state index in [-0.39, 0.29) is 0 Å². The molecule has 0 atom stereocenters. The number of rotatable bonds is 3. The lowest BCUT2D eigenvalue weighted by molar-refractivity contribution is 0.171. The molecule has 1 saturated heterocycles. The summed E-state index contributed by atoms with van der Waals surface area (Å²) in [5, 5.41) is 0. The Bertz CT molecular complexity index is 132. The molecule has 0 N–H and O–H groups in total. The van der Waals surface area contributed by atoms with Crippen LogP contribution in [0.15, 0.2) is 0 Å². The van der Waals surface area contributed by atoms with Crippen LogP contribution in [0, 0.1) is 5.92 Å². The molecule has 0 aromatic heterocycles. The van der Waals surface area contributed by atoms with Crippen molar-refractivity contribution in [3.8, 4) is 0 Å². The average molecular weight is 167 g/mol. The van der Waals surface area contributed by atoms with Gasteiger partial charge in [-0.15, -0.1) is 0 Å². The highest BCUT2D eigenvalue weighted by atomic mass is 15.2. The summed E-state index contributed by atoms with van der Waals surface area (Å²) in [4.78, 5) is 2.71. The summed E-state index contributed by atoms with van der Waals surface area (Å²) in [6, 6.07) is 1.01. The van der Waals surface area contributed by atoms with Gasteiger partial charge < -0.3 is 4.90 Å². The molecule has 0 radical (unpaired) electrons. The minimum absolute atomic E-state index is 1.01. The molecule has 12 heavy (non-hydrogen) atoms. The first kappa shape index (κ1) is 8.55. The molecule has 2 aliphatic rings. The Labute approximate surface area is 76.1 Å². The van der Waals surface area contributed by atoms with Gasteiger partial charge in [0.2, 0.25) is 0 Å². The SMILES string of the molecule is CCCC1CCN(C2CC2)CC1. The predicted molar refractivity (Wildman–Crippen MR) is 52.2 cm³/mol. The molecule has 0 unspecified atom stereocenters. The Morgan fingerprint density at radius 1 is 1.08 bits per heavy atom. The minimum atomic E-state index is 1.01. The summed E-state index contributed by atoms with van der Waals surface area (Å²) >= 11 is 0. The number of nitrogens with zero attached hydrogens (tertiary/aromatic N) is 1. The fraction of sp³-hybridized carbons (Fsp3) is 1.00. The van der Waals surface area contributed by atoms with E-state index in [9.17, 15) is 0 Å². The molecule has 2 rings (SSSR count). The second kappa shape index (κ2) is 3.78. The highest BCUT2D eigenvalue weighted by molar-refractivity contribution is 4.87. The molecular weight excluding hydrogens is 146 g/mol. The molecule has 1 heterocycles. The van der Waals surface area contributed by atoms with Crippen LogP contribution in [0.4, 0.5) is 0 Å². The summed E-state index contributed by atoms with van der Waals surface area (Å²) in [6.07, 6.45) is 8.78. The van der Waals surface area contributed by atoms with Crippen LogP contribution in [0.25, 0.3) is 0 Å². The van der Waals surface area contributed by atoms with E-state index >= 15 is 0 Å². The molecule has 70 valence electrons. The summed E-state index contributed by atoms with van der Waals surface area (Å²) in [5.41, 5.74) is 0. The van der Waals surface area contributed by atoms with Crippen molar-refractivity contribution in [1.29, 1.82) is 0 Å². The van der Waals surface area contributed by atoms with Crippen LogP contribution in [0.1, 0.15) is 45.4 Å². The Morgan fingerprint density at radius 2 is 1.75 bits per heavy atom. The Kier molecular flexibility index (Phi) is 2.69. The van der Waals surface area contributed by atoms with E-state index in [1.807, 2.05) is 0 Å².